The zero-order valence-corrected chi connectivity index (χ0v) is 22.2. The Bertz CT molecular complexity index is 1530. The maximum Gasteiger partial charge on any atom is 0.251 e. The summed E-state index contributed by atoms with van der Waals surface area (Å²) in [5.41, 5.74) is 2.07. The van der Waals surface area contributed by atoms with Crippen molar-refractivity contribution in [1.29, 1.82) is 0 Å². The van der Waals surface area contributed by atoms with Crippen LogP contribution >= 0.6 is 0 Å². The van der Waals surface area contributed by atoms with Gasteiger partial charge in [-0.15, -0.1) is 0 Å². The number of nitrogens with zero attached hydrogens (tertiary/aromatic N) is 2. The summed E-state index contributed by atoms with van der Waals surface area (Å²) in [6.07, 6.45) is 3.64. The topological polar surface area (TPSA) is 135 Å². The zero-order valence-electron chi connectivity index (χ0n) is 22.2. The molecule has 1 spiro atoms. The number of pyridine rings is 1. The van der Waals surface area contributed by atoms with Crippen molar-refractivity contribution >= 4 is 28.6 Å². The minimum atomic E-state index is -1.03. The number of amides is 3. The molecule has 11 heteroatoms. The van der Waals surface area contributed by atoms with Crippen molar-refractivity contribution in [2.45, 2.75) is 24.8 Å². The highest BCUT2D eigenvalue weighted by molar-refractivity contribution is 5.97. The second kappa shape index (κ2) is 11.4. The van der Waals surface area contributed by atoms with Crippen molar-refractivity contribution in [2.24, 2.45) is 0 Å². The summed E-state index contributed by atoms with van der Waals surface area (Å²) in [5.74, 6) is -1.07. The Morgan fingerprint density at radius 3 is 2.61 bits per heavy atom. The van der Waals surface area contributed by atoms with E-state index >= 15 is 0 Å². The Morgan fingerprint density at radius 1 is 1.00 bits per heavy atom. The number of benzene rings is 2. The molecule has 0 radical (unpaired) electrons. The van der Waals surface area contributed by atoms with E-state index in [-0.39, 0.29) is 32.0 Å². The minimum Gasteiger partial charge on any atom is -0.457 e. The molecule has 0 bridgehead atoms. The molecule has 4 aromatic rings. The normalized spacial score (nSPS) is 17.6. The third-order valence-corrected chi connectivity index (χ3v) is 7.13. The van der Waals surface area contributed by atoms with Crippen molar-refractivity contribution < 1.29 is 28.6 Å². The molecule has 0 saturated carbocycles. The Morgan fingerprint density at radius 2 is 1.80 bits per heavy atom. The van der Waals surface area contributed by atoms with Crippen LogP contribution in [-0.4, -0.2) is 70.7 Å². The van der Waals surface area contributed by atoms with Crippen molar-refractivity contribution in [3.63, 3.8) is 0 Å². The molecule has 2 fully saturated rings. The standard InChI is InChI=1S/C30H29N5O6/c36-27(18-33-28(37)20-5-4-8-24(14-20)41-23-6-2-1-3-7-23)35-19-30(39-11-12-40-30)15-26(35)29(38)32-17-22-13-21-16-31-10-9-25(21)34-22/h1-10,13-14,16,26,34H,11-12,15,17-19H2,(H,32,38)(H,33,37)/t26-/m0/s1. The molecule has 210 valence electrons. The molecule has 2 aliphatic rings. The van der Waals surface area contributed by atoms with E-state index in [2.05, 4.69) is 20.6 Å². The molecule has 2 aromatic heterocycles. The molecule has 1 atom stereocenters. The predicted octanol–water partition coefficient (Wildman–Crippen LogP) is 2.75. The average molecular weight is 556 g/mol. The van der Waals surface area contributed by atoms with Crippen LogP contribution in [-0.2, 0) is 25.6 Å². The number of carbonyl (C=O) groups is 3. The van der Waals surface area contributed by atoms with Gasteiger partial charge in [-0.2, -0.15) is 0 Å². The second-order valence-corrected chi connectivity index (χ2v) is 9.95. The summed E-state index contributed by atoms with van der Waals surface area (Å²) >= 11 is 0. The van der Waals surface area contributed by atoms with Gasteiger partial charge >= 0.3 is 0 Å². The van der Waals surface area contributed by atoms with Gasteiger partial charge in [-0.05, 0) is 42.5 Å². The number of hydrogen-bond acceptors (Lipinski definition) is 7. The molecular formula is C30H29N5O6. The number of hydrogen-bond donors (Lipinski definition) is 3. The molecule has 2 aliphatic heterocycles. The van der Waals surface area contributed by atoms with E-state index in [0.29, 0.717) is 30.3 Å². The first-order valence-electron chi connectivity index (χ1n) is 13.4. The number of H-pyrrole nitrogens is 1. The van der Waals surface area contributed by atoms with E-state index in [4.69, 9.17) is 14.2 Å². The maximum atomic E-state index is 13.3. The molecule has 3 amide bonds. The highest BCUT2D eigenvalue weighted by atomic mass is 16.7. The van der Waals surface area contributed by atoms with E-state index in [9.17, 15) is 14.4 Å². The van der Waals surface area contributed by atoms with Crippen LogP contribution in [0, 0.1) is 0 Å². The molecule has 6 rings (SSSR count). The number of rotatable bonds is 8. The van der Waals surface area contributed by atoms with Crippen LogP contribution in [0.15, 0.2) is 79.1 Å². The van der Waals surface area contributed by atoms with Crippen LogP contribution in [0.4, 0.5) is 0 Å². The van der Waals surface area contributed by atoms with Crippen LogP contribution in [0.3, 0.4) is 0 Å². The van der Waals surface area contributed by atoms with Gasteiger partial charge in [0.2, 0.25) is 11.8 Å². The highest BCUT2D eigenvalue weighted by Gasteiger charge is 2.52. The van der Waals surface area contributed by atoms with Crippen molar-refractivity contribution in [3.05, 3.63) is 90.4 Å². The third kappa shape index (κ3) is 5.91. The van der Waals surface area contributed by atoms with Gasteiger partial charge in [0.1, 0.15) is 17.5 Å². The first kappa shape index (κ1) is 26.5. The van der Waals surface area contributed by atoms with E-state index < -0.39 is 23.6 Å². The predicted molar refractivity (Wildman–Crippen MR) is 148 cm³/mol. The average Bonchev–Trinajstić information content (AvgIpc) is 3.74. The van der Waals surface area contributed by atoms with E-state index in [1.165, 1.54) is 4.90 Å². The molecule has 41 heavy (non-hydrogen) atoms. The fraction of sp³-hybridized carbons (Fsp3) is 0.267. The van der Waals surface area contributed by atoms with Crippen LogP contribution in [0.25, 0.3) is 10.9 Å². The lowest BCUT2D eigenvalue weighted by molar-refractivity contribution is -0.152. The van der Waals surface area contributed by atoms with Gasteiger partial charge in [0.05, 0.1) is 32.8 Å². The number of carbonyl (C=O) groups excluding carboxylic acids is 3. The molecular weight excluding hydrogens is 526 g/mol. The molecule has 0 aliphatic carbocycles. The summed E-state index contributed by atoms with van der Waals surface area (Å²) in [6.45, 7) is 0.823. The smallest absolute Gasteiger partial charge is 0.251 e. The number of nitrogens with one attached hydrogen (secondary N) is 3. The van der Waals surface area contributed by atoms with Gasteiger partial charge in [0, 0.05) is 41.0 Å². The molecule has 2 saturated heterocycles. The number of likely N-dealkylation sites (tertiary alicyclic amines) is 1. The van der Waals surface area contributed by atoms with E-state index in [1.807, 2.05) is 42.5 Å². The SMILES string of the molecule is O=C(NCC(=O)N1CC2(C[C@H]1C(=O)NCc1cc3cnccc3[nH]1)OCCO2)c1cccc(Oc2ccccc2)c1. The molecule has 4 heterocycles. The van der Waals surface area contributed by atoms with Crippen molar-refractivity contribution in [3.8, 4) is 11.5 Å². The van der Waals surface area contributed by atoms with Gasteiger partial charge < -0.3 is 34.7 Å². The van der Waals surface area contributed by atoms with Crippen molar-refractivity contribution in [1.82, 2.24) is 25.5 Å². The number of fused-ring (bicyclic) bond motifs is 1. The maximum absolute atomic E-state index is 13.3. The first-order valence-corrected chi connectivity index (χ1v) is 13.4. The molecule has 2 aromatic carbocycles. The van der Waals surface area contributed by atoms with Gasteiger partial charge in [0.25, 0.3) is 5.91 Å². The van der Waals surface area contributed by atoms with Gasteiger partial charge in [-0.1, -0.05) is 24.3 Å². The Hall–Kier alpha value is -4.74. The lowest BCUT2D eigenvalue weighted by Crippen LogP contribution is -2.49. The Balaban J connectivity index is 1.09. The van der Waals surface area contributed by atoms with E-state index in [1.54, 1.807) is 36.7 Å². The fourth-order valence-corrected chi connectivity index (χ4v) is 5.15. The lowest BCUT2D eigenvalue weighted by Gasteiger charge is -2.24. The van der Waals surface area contributed by atoms with Crippen LogP contribution in [0.2, 0.25) is 0 Å². The summed E-state index contributed by atoms with van der Waals surface area (Å²) in [4.78, 5) is 48.3. The fourth-order valence-electron chi connectivity index (χ4n) is 5.15. The van der Waals surface area contributed by atoms with E-state index in [0.717, 1.165) is 16.6 Å². The lowest BCUT2D eigenvalue weighted by atomic mass is 10.1. The monoisotopic (exact) mass is 555 g/mol. The third-order valence-electron chi connectivity index (χ3n) is 7.13. The number of para-hydroxylation sites is 1. The van der Waals surface area contributed by atoms with Crippen molar-refractivity contribution in [2.75, 3.05) is 26.3 Å². The second-order valence-electron chi connectivity index (χ2n) is 9.95. The first-order chi connectivity index (χ1) is 20.0. The summed E-state index contributed by atoms with van der Waals surface area (Å²) in [6, 6.07) is 18.9. The van der Waals surface area contributed by atoms with Gasteiger partial charge in [-0.3, -0.25) is 19.4 Å². The zero-order chi connectivity index (χ0) is 28.2. The molecule has 11 nitrogen and oxygen atoms in total. The quantitative estimate of drug-likeness (QED) is 0.304. The molecule has 3 N–H and O–H groups in total. The summed E-state index contributed by atoms with van der Waals surface area (Å²) in [7, 11) is 0. The highest BCUT2D eigenvalue weighted by Crippen LogP contribution is 2.35. The summed E-state index contributed by atoms with van der Waals surface area (Å²) in [5, 5.41) is 6.52. The number of aromatic nitrogens is 2. The Labute approximate surface area is 235 Å². The summed E-state index contributed by atoms with van der Waals surface area (Å²) < 4.78 is 17.4. The van der Waals surface area contributed by atoms with Gasteiger partial charge in [0.15, 0.2) is 5.79 Å². The molecule has 0 unspecified atom stereocenters. The van der Waals surface area contributed by atoms with Gasteiger partial charge in [-0.25, -0.2) is 0 Å². The largest absolute Gasteiger partial charge is 0.457 e. The minimum absolute atomic E-state index is 0.0955. The van der Waals surface area contributed by atoms with Crippen LogP contribution in [0.1, 0.15) is 22.5 Å². The van der Waals surface area contributed by atoms with Crippen LogP contribution in [0.5, 0.6) is 11.5 Å². The van der Waals surface area contributed by atoms with Crippen LogP contribution < -0.4 is 15.4 Å². The number of ether oxygens (including phenoxy) is 3. The Kier molecular flexibility index (Phi) is 7.36. The number of aromatic amines is 1.